The van der Waals surface area contributed by atoms with E-state index in [1.165, 1.54) is 18.2 Å². The van der Waals surface area contributed by atoms with E-state index in [0.717, 1.165) is 0 Å². The SMILES string of the molecule is CC(C)NC(=O)Nc1cccc(F)c1C(N)=S. The highest BCUT2D eigenvalue weighted by Crippen LogP contribution is 2.18. The molecule has 1 aromatic rings. The molecule has 0 aliphatic heterocycles. The summed E-state index contributed by atoms with van der Waals surface area (Å²) in [5, 5.41) is 5.13. The van der Waals surface area contributed by atoms with E-state index in [1.807, 2.05) is 13.8 Å². The number of rotatable bonds is 3. The molecular formula is C11H14FN3OS. The number of halogens is 1. The molecule has 0 fully saturated rings. The van der Waals surface area contributed by atoms with Crippen LogP contribution in [-0.4, -0.2) is 17.1 Å². The van der Waals surface area contributed by atoms with E-state index >= 15 is 0 Å². The Balaban J connectivity index is 2.95. The van der Waals surface area contributed by atoms with Crippen LogP contribution in [0.1, 0.15) is 19.4 Å². The van der Waals surface area contributed by atoms with Crippen molar-refractivity contribution in [1.29, 1.82) is 0 Å². The third-order valence-electron chi connectivity index (χ3n) is 1.93. The molecule has 0 bridgehead atoms. The number of amides is 2. The quantitative estimate of drug-likeness (QED) is 0.724. The highest BCUT2D eigenvalue weighted by Gasteiger charge is 2.13. The van der Waals surface area contributed by atoms with Crippen molar-refractivity contribution in [2.75, 3.05) is 5.32 Å². The monoisotopic (exact) mass is 255 g/mol. The molecule has 0 saturated carbocycles. The van der Waals surface area contributed by atoms with Crippen molar-refractivity contribution in [3.8, 4) is 0 Å². The highest BCUT2D eigenvalue weighted by atomic mass is 32.1. The molecule has 1 aromatic carbocycles. The number of carbonyl (C=O) groups is 1. The molecule has 1 rings (SSSR count). The molecule has 4 nitrogen and oxygen atoms in total. The third-order valence-corrected chi connectivity index (χ3v) is 2.13. The maximum absolute atomic E-state index is 13.5. The summed E-state index contributed by atoms with van der Waals surface area (Å²) in [5.41, 5.74) is 5.71. The third kappa shape index (κ3) is 3.67. The van der Waals surface area contributed by atoms with Crippen molar-refractivity contribution in [3.63, 3.8) is 0 Å². The number of hydrogen-bond acceptors (Lipinski definition) is 2. The minimum atomic E-state index is -0.556. The second kappa shape index (κ2) is 5.58. The summed E-state index contributed by atoms with van der Waals surface area (Å²) in [6, 6.07) is 3.81. The van der Waals surface area contributed by atoms with Crippen LogP contribution < -0.4 is 16.4 Å². The van der Waals surface area contributed by atoms with Gasteiger partial charge in [0, 0.05) is 6.04 Å². The van der Waals surface area contributed by atoms with Gasteiger partial charge in [-0.05, 0) is 26.0 Å². The molecule has 6 heteroatoms. The van der Waals surface area contributed by atoms with Crippen LogP contribution in [0.3, 0.4) is 0 Å². The van der Waals surface area contributed by atoms with Gasteiger partial charge in [0.2, 0.25) is 0 Å². The minimum absolute atomic E-state index is 0.0168. The first kappa shape index (κ1) is 13.4. The molecule has 0 radical (unpaired) electrons. The molecule has 92 valence electrons. The van der Waals surface area contributed by atoms with Crippen molar-refractivity contribution < 1.29 is 9.18 Å². The highest BCUT2D eigenvalue weighted by molar-refractivity contribution is 7.80. The first-order valence-corrected chi connectivity index (χ1v) is 5.48. The fourth-order valence-electron chi connectivity index (χ4n) is 1.30. The lowest BCUT2D eigenvalue weighted by Crippen LogP contribution is -2.34. The molecule has 0 saturated heterocycles. The molecule has 0 aromatic heterocycles. The van der Waals surface area contributed by atoms with Gasteiger partial charge in [0.1, 0.15) is 10.8 Å². The molecule has 2 amide bonds. The average Bonchev–Trinajstić information content (AvgIpc) is 2.15. The van der Waals surface area contributed by atoms with Crippen LogP contribution in [0, 0.1) is 5.82 Å². The van der Waals surface area contributed by atoms with Crippen LogP contribution in [0.2, 0.25) is 0 Å². The number of urea groups is 1. The van der Waals surface area contributed by atoms with Crippen LogP contribution in [0.4, 0.5) is 14.9 Å². The lowest BCUT2D eigenvalue weighted by atomic mass is 10.1. The maximum atomic E-state index is 13.5. The van der Waals surface area contributed by atoms with E-state index in [4.69, 9.17) is 18.0 Å². The normalized spacial score (nSPS) is 10.1. The Kier molecular flexibility index (Phi) is 4.39. The van der Waals surface area contributed by atoms with Crippen molar-refractivity contribution in [1.82, 2.24) is 5.32 Å². The van der Waals surface area contributed by atoms with Gasteiger partial charge in [0.25, 0.3) is 0 Å². The molecule has 0 spiro atoms. The van der Waals surface area contributed by atoms with Gasteiger partial charge >= 0.3 is 6.03 Å². The van der Waals surface area contributed by atoms with Crippen molar-refractivity contribution >= 4 is 28.9 Å². The Morgan fingerprint density at radius 3 is 2.65 bits per heavy atom. The van der Waals surface area contributed by atoms with E-state index in [2.05, 4.69) is 10.6 Å². The number of benzene rings is 1. The zero-order valence-corrected chi connectivity index (χ0v) is 10.4. The molecular weight excluding hydrogens is 241 g/mol. The molecule has 0 heterocycles. The number of nitrogens with two attached hydrogens (primary N) is 1. The van der Waals surface area contributed by atoms with Gasteiger partial charge in [0.05, 0.1) is 11.3 Å². The van der Waals surface area contributed by atoms with Crippen LogP contribution in [-0.2, 0) is 0 Å². The predicted molar refractivity (Wildman–Crippen MR) is 69.6 cm³/mol. The summed E-state index contributed by atoms with van der Waals surface area (Å²) >= 11 is 4.74. The Morgan fingerprint density at radius 2 is 2.12 bits per heavy atom. The molecule has 0 atom stereocenters. The first-order chi connectivity index (χ1) is 7.91. The van der Waals surface area contributed by atoms with Gasteiger partial charge in [-0.25, -0.2) is 9.18 Å². The molecule has 0 unspecified atom stereocenters. The number of thiocarbonyl (C=S) groups is 1. The number of nitrogens with one attached hydrogen (secondary N) is 2. The zero-order chi connectivity index (χ0) is 13.0. The topological polar surface area (TPSA) is 67.2 Å². The maximum Gasteiger partial charge on any atom is 0.319 e. The summed E-state index contributed by atoms with van der Waals surface area (Å²) in [6.07, 6.45) is 0. The minimum Gasteiger partial charge on any atom is -0.389 e. The summed E-state index contributed by atoms with van der Waals surface area (Å²) in [7, 11) is 0. The predicted octanol–water partition coefficient (Wildman–Crippen LogP) is 1.99. The number of carbonyl (C=O) groups excluding carboxylic acids is 1. The fraction of sp³-hybridized carbons (Fsp3) is 0.273. The Morgan fingerprint density at radius 1 is 1.47 bits per heavy atom. The molecule has 0 aliphatic rings. The van der Waals surface area contributed by atoms with Crippen LogP contribution in [0.25, 0.3) is 0 Å². The summed E-state index contributed by atoms with van der Waals surface area (Å²) in [5.74, 6) is -0.556. The van der Waals surface area contributed by atoms with Gasteiger partial charge in [-0.3, -0.25) is 0 Å². The number of hydrogen-bond donors (Lipinski definition) is 3. The van der Waals surface area contributed by atoms with Crippen molar-refractivity contribution in [2.24, 2.45) is 5.73 Å². The second-order valence-corrected chi connectivity index (χ2v) is 4.22. The van der Waals surface area contributed by atoms with Gasteiger partial charge in [-0.15, -0.1) is 0 Å². The van der Waals surface area contributed by atoms with Gasteiger partial charge in [0.15, 0.2) is 0 Å². The second-order valence-electron chi connectivity index (χ2n) is 3.78. The smallest absolute Gasteiger partial charge is 0.319 e. The van der Waals surface area contributed by atoms with Gasteiger partial charge < -0.3 is 16.4 Å². The Labute approximate surface area is 104 Å². The van der Waals surface area contributed by atoms with E-state index < -0.39 is 11.8 Å². The fourth-order valence-corrected chi connectivity index (χ4v) is 1.51. The summed E-state index contributed by atoms with van der Waals surface area (Å²) < 4.78 is 13.5. The largest absolute Gasteiger partial charge is 0.389 e. The van der Waals surface area contributed by atoms with Gasteiger partial charge in [-0.2, -0.15) is 0 Å². The first-order valence-electron chi connectivity index (χ1n) is 5.07. The zero-order valence-electron chi connectivity index (χ0n) is 9.58. The van der Waals surface area contributed by atoms with Crippen LogP contribution >= 0.6 is 12.2 Å². The van der Waals surface area contributed by atoms with Crippen molar-refractivity contribution in [3.05, 3.63) is 29.6 Å². The average molecular weight is 255 g/mol. The summed E-state index contributed by atoms with van der Waals surface area (Å²) in [6.45, 7) is 3.64. The Hall–Kier alpha value is -1.69. The van der Waals surface area contributed by atoms with Crippen molar-refractivity contribution in [2.45, 2.75) is 19.9 Å². The number of anilines is 1. The van der Waals surface area contributed by atoms with E-state index in [0.29, 0.717) is 0 Å². The van der Waals surface area contributed by atoms with Crippen LogP contribution in [0.15, 0.2) is 18.2 Å². The van der Waals surface area contributed by atoms with E-state index in [9.17, 15) is 9.18 Å². The summed E-state index contributed by atoms with van der Waals surface area (Å²) in [4.78, 5) is 11.4. The lowest BCUT2D eigenvalue weighted by molar-refractivity contribution is 0.250. The van der Waals surface area contributed by atoms with E-state index in [1.54, 1.807) is 0 Å². The lowest BCUT2D eigenvalue weighted by Gasteiger charge is -2.13. The van der Waals surface area contributed by atoms with E-state index in [-0.39, 0.29) is 22.3 Å². The standard InChI is InChI=1S/C11H14FN3OS/c1-6(2)14-11(16)15-8-5-3-4-7(12)9(8)10(13)17/h3-6H,1-2H3,(H2,13,17)(H2,14,15,16). The van der Waals surface area contributed by atoms with Crippen LogP contribution in [0.5, 0.6) is 0 Å². The molecule has 4 N–H and O–H groups in total. The Bertz CT molecular complexity index is 448. The molecule has 17 heavy (non-hydrogen) atoms. The molecule has 0 aliphatic carbocycles. The van der Waals surface area contributed by atoms with Gasteiger partial charge in [-0.1, -0.05) is 18.3 Å².